The zero-order valence-corrected chi connectivity index (χ0v) is 19.0. The van der Waals surface area contributed by atoms with Gasteiger partial charge in [0, 0.05) is 23.8 Å². The molecule has 1 atom stereocenters. The molecule has 0 radical (unpaired) electrons. The van der Waals surface area contributed by atoms with Crippen molar-refractivity contribution in [1.82, 2.24) is 25.3 Å². The van der Waals surface area contributed by atoms with Gasteiger partial charge in [0.1, 0.15) is 11.4 Å². The summed E-state index contributed by atoms with van der Waals surface area (Å²) in [6.45, 7) is 4.33. The Labute approximate surface area is 196 Å². The van der Waals surface area contributed by atoms with Gasteiger partial charge in [0.05, 0.1) is 32.6 Å². The first-order valence-corrected chi connectivity index (χ1v) is 10.8. The Morgan fingerprint density at radius 3 is 2.55 bits per heavy atom. The number of nitrogens with zero attached hydrogens (tertiary/aromatic N) is 5. The van der Waals surface area contributed by atoms with Crippen LogP contribution < -0.4 is 20.3 Å². The van der Waals surface area contributed by atoms with E-state index >= 15 is 0 Å². The third kappa shape index (κ3) is 5.85. The highest BCUT2D eigenvalue weighted by atomic mass is 35.5. The Hall–Kier alpha value is -3.50. The molecule has 1 aliphatic rings. The number of hydrogen-bond donors (Lipinski definition) is 2. The first kappa shape index (κ1) is 22.7. The molecular formula is C22H24ClN7O3. The summed E-state index contributed by atoms with van der Waals surface area (Å²) in [5.74, 6) is 1.54. The molecule has 1 aliphatic heterocycles. The number of morpholine rings is 1. The molecule has 33 heavy (non-hydrogen) atoms. The average Bonchev–Trinajstić information content (AvgIpc) is 2.86. The van der Waals surface area contributed by atoms with Crippen molar-refractivity contribution < 1.29 is 14.3 Å². The van der Waals surface area contributed by atoms with Crippen LogP contribution in [0.1, 0.15) is 29.3 Å². The summed E-state index contributed by atoms with van der Waals surface area (Å²) in [5.41, 5.74) is 1.05. The maximum atomic E-state index is 12.7. The predicted octanol–water partition coefficient (Wildman–Crippen LogP) is 3.00. The third-order valence-corrected chi connectivity index (χ3v) is 5.23. The number of rotatable bonds is 7. The molecule has 0 aliphatic carbocycles. The number of aromatic nitrogens is 4. The van der Waals surface area contributed by atoms with Crippen molar-refractivity contribution in [3.8, 4) is 5.75 Å². The first-order chi connectivity index (χ1) is 16.0. The van der Waals surface area contributed by atoms with Crippen LogP contribution in [0.5, 0.6) is 5.75 Å². The van der Waals surface area contributed by atoms with Crippen LogP contribution in [0.15, 0.2) is 42.6 Å². The molecule has 1 amide bonds. The maximum absolute atomic E-state index is 12.7. The molecule has 0 bridgehead atoms. The Kier molecular flexibility index (Phi) is 7.16. The predicted molar refractivity (Wildman–Crippen MR) is 124 cm³/mol. The molecule has 172 valence electrons. The number of carbonyl (C=O) groups excluding carboxylic acids is 1. The summed E-state index contributed by atoms with van der Waals surface area (Å²) in [5, 5.41) is 6.71. The first-order valence-electron chi connectivity index (χ1n) is 10.4. The summed E-state index contributed by atoms with van der Waals surface area (Å²) in [6.07, 6.45) is 1.49. The molecular weight excluding hydrogens is 446 g/mol. The lowest BCUT2D eigenvalue weighted by molar-refractivity contribution is 0.0933. The van der Waals surface area contributed by atoms with E-state index in [4.69, 9.17) is 21.1 Å². The molecule has 0 unspecified atom stereocenters. The molecule has 1 saturated heterocycles. The maximum Gasteiger partial charge on any atom is 0.270 e. The standard InChI is InChI=1S/C22H24ClN7O3/c1-14(25-20(31)18-8-7-17(32-2)13-24-18)19-27-21(26-16-5-3-15(23)4-6-16)29-22(28-19)30-9-11-33-12-10-30/h3-8,13-14H,9-12H2,1-2H3,(H,25,31)(H,26,27,28,29)/t14-/m1/s1. The van der Waals surface area contributed by atoms with Crippen LogP contribution in [-0.4, -0.2) is 59.3 Å². The van der Waals surface area contributed by atoms with E-state index in [1.54, 1.807) is 31.4 Å². The number of carbonyl (C=O) groups is 1. The van der Waals surface area contributed by atoms with Gasteiger partial charge in [0.2, 0.25) is 11.9 Å². The lowest BCUT2D eigenvalue weighted by atomic mass is 10.2. The number of nitrogens with one attached hydrogen (secondary N) is 2. The zero-order valence-electron chi connectivity index (χ0n) is 18.3. The van der Waals surface area contributed by atoms with E-state index in [9.17, 15) is 4.79 Å². The van der Waals surface area contributed by atoms with Gasteiger partial charge in [-0.05, 0) is 43.3 Å². The lowest BCUT2D eigenvalue weighted by Crippen LogP contribution is -2.38. The second-order valence-corrected chi connectivity index (χ2v) is 7.76. The van der Waals surface area contributed by atoms with E-state index in [2.05, 4.69) is 30.6 Å². The fraction of sp³-hybridized carbons (Fsp3) is 0.318. The number of halogens is 1. The topological polar surface area (TPSA) is 114 Å². The molecule has 0 saturated carbocycles. The molecule has 2 aromatic heterocycles. The van der Waals surface area contributed by atoms with Crippen molar-refractivity contribution in [3.63, 3.8) is 0 Å². The SMILES string of the molecule is COc1ccc(C(=O)N[C@H](C)c2nc(Nc3ccc(Cl)cc3)nc(N3CCOCC3)n2)nc1. The van der Waals surface area contributed by atoms with Crippen molar-refractivity contribution in [2.45, 2.75) is 13.0 Å². The highest BCUT2D eigenvalue weighted by Crippen LogP contribution is 2.21. The van der Waals surface area contributed by atoms with Gasteiger partial charge < -0.3 is 25.0 Å². The van der Waals surface area contributed by atoms with Crippen molar-refractivity contribution in [1.29, 1.82) is 0 Å². The van der Waals surface area contributed by atoms with Crippen LogP contribution >= 0.6 is 11.6 Å². The molecule has 2 N–H and O–H groups in total. The third-order valence-electron chi connectivity index (χ3n) is 4.97. The van der Waals surface area contributed by atoms with Crippen LogP contribution in [-0.2, 0) is 4.74 Å². The Morgan fingerprint density at radius 2 is 1.88 bits per heavy atom. The van der Waals surface area contributed by atoms with E-state index in [-0.39, 0.29) is 11.6 Å². The Morgan fingerprint density at radius 1 is 1.12 bits per heavy atom. The van der Waals surface area contributed by atoms with Gasteiger partial charge in [-0.2, -0.15) is 15.0 Å². The molecule has 11 heteroatoms. The highest BCUT2D eigenvalue weighted by Gasteiger charge is 2.21. The van der Waals surface area contributed by atoms with E-state index in [1.807, 2.05) is 24.0 Å². The molecule has 4 rings (SSSR count). The fourth-order valence-electron chi connectivity index (χ4n) is 3.17. The molecule has 3 aromatic rings. The minimum absolute atomic E-state index is 0.268. The monoisotopic (exact) mass is 469 g/mol. The van der Waals surface area contributed by atoms with Crippen molar-refractivity contribution in [2.75, 3.05) is 43.6 Å². The van der Waals surface area contributed by atoms with Crippen molar-refractivity contribution >= 4 is 35.1 Å². The van der Waals surface area contributed by atoms with Crippen LogP contribution in [0, 0.1) is 0 Å². The smallest absolute Gasteiger partial charge is 0.270 e. The second-order valence-electron chi connectivity index (χ2n) is 7.33. The minimum Gasteiger partial charge on any atom is -0.495 e. The molecule has 3 heterocycles. The molecule has 10 nitrogen and oxygen atoms in total. The zero-order chi connectivity index (χ0) is 23.2. The van der Waals surface area contributed by atoms with E-state index in [1.165, 1.54) is 6.20 Å². The second kappa shape index (κ2) is 10.4. The van der Waals surface area contributed by atoms with Gasteiger partial charge in [-0.3, -0.25) is 4.79 Å². The van der Waals surface area contributed by atoms with Crippen molar-refractivity contribution in [2.24, 2.45) is 0 Å². The number of benzene rings is 1. The van der Waals surface area contributed by atoms with Gasteiger partial charge in [-0.15, -0.1) is 0 Å². The van der Waals surface area contributed by atoms with Gasteiger partial charge in [-0.25, -0.2) is 4.98 Å². The van der Waals surface area contributed by atoms with Gasteiger partial charge in [-0.1, -0.05) is 11.6 Å². The summed E-state index contributed by atoms with van der Waals surface area (Å²) in [7, 11) is 1.54. The quantitative estimate of drug-likeness (QED) is 0.538. The van der Waals surface area contributed by atoms with Crippen molar-refractivity contribution in [3.05, 3.63) is 59.1 Å². The largest absolute Gasteiger partial charge is 0.495 e. The van der Waals surface area contributed by atoms with Crippen LogP contribution in [0.3, 0.4) is 0 Å². The number of hydrogen-bond acceptors (Lipinski definition) is 9. The number of anilines is 3. The normalized spacial score (nSPS) is 14.5. The summed E-state index contributed by atoms with van der Waals surface area (Å²) < 4.78 is 10.5. The van der Waals surface area contributed by atoms with Gasteiger partial charge >= 0.3 is 0 Å². The summed E-state index contributed by atoms with van der Waals surface area (Å²) >= 11 is 5.98. The van der Waals surface area contributed by atoms with E-state index in [0.717, 1.165) is 5.69 Å². The molecule has 0 spiro atoms. The highest BCUT2D eigenvalue weighted by molar-refractivity contribution is 6.30. The summed E-state index contributed by atoms with van der Waals surface area (Å²) in [6, 6.07) is 10.0. The molecule has 1 fully saturated rings. The minimum atomic E-state index is -0.491. The van der Waals surface area contributed by atoms with E-state index in [0.29, 0.717) is 54.8 Å². The number of pyridine rings is 1. The van der Waals surface area contributed by atoms with Gasteiger partial charge in [0.25, 0.3) is 5.91 Å². The molecule has 1 aromatic carbocycles. The Bertz CT molecular complexity index is 1090. The van der Waals surface area contributed by atoms with Crippen LogP contribution in [0.2, 0.25) is 5.02 Å². The lowest BCUT2D eigenvalue weighted by Gasteiger charge is -2.27. The van der Waals surface area contributed by atoms with Crippen LogP contribution in [0.4, 0.5) is 17.6 Å². The average molecular weight is 470 g/mol. The van der Waals surface area contributed by atoms with Gasteiger partial charge in [0.15, 0.2) is 5.82 Å². The number of ether oxygens (including phenoxy) is 2. The summed E-state index contributed by atoms with van der Waals surface area (Å²) in [4.78, 5) is 32.6. The van der Waals surface area contributed by atoms with Crippen LogP contribution in [0.25, 0.3) is 0 Å². The van der Waals surface area contributed by atoms with E-state index < -0.39 is 6.04 Å². The fourth-order valence-corrected chi connectivity index (χ4v) is 3.29. The number of methoxy groups -OCH3 is 1. The Balaban J connectivity index is 1.57. The number of amides is 1.